The maximum atomic E-state index is 11.9. The monoisotopic (exact) mass is 274 g/mol. The van der Waals surface area contributed by atoms with Crippen molar-refractivity contribution in [1.82, 2.24) is 20.3 Å². The van der Waals surface area contributed by atoms with Crippen molar-refractivity contribution in [2.75, 3.05) is 0 Å². The molecule has 0 bridgehead atoms. The topological polar surface area (TPSA) is 73.0 Å². The molecule has 0 aromatic carbocycles. The Morgan fingerprint density at radius 2 is 2.20 bits per heavy atom. The lowest BCUT2D eigenvalue weighted by Gasteiger charge is -2.20. The Hall–Kier alpha value is -2.37. The van der Waals surface area contributed by atoms with Crippen LogP contribution in [0.2, 0.25) is 0 Å². The molecule has 20 heavy (non-hydrogen) atoms. The van der Waals surface area contributed by atoms with Crippen LogP contribution in [-0.2, 0) is 11.3 Å². The lowest BCUT2D eigenvalue weighted by atomic mass is 10.0. The second-order valence-corrected chi connectivity index (χ2v) is 4.79. The van der Waals surface area contributed by atoms with Gasteiger partial charge in [-0.25, -0.2) is 0 Å². The standard InChI is InChI=1S/C14H18N4O2/c1-11(2)13(10-18-15-7-8-16-18)17-14(19)6-5-12-4-3-9-20-12/h3-9,11,13H,10H2,1-2H3,(H,17,19)/b6-5+/t13-/m1/s1. The zero-order valence-corrected chi connectivity index (χ0v) is 11.6. The number of nitrogens with zero attached hydrogens (tertiary/aromatic N) is 3. The van der Waals surface area contributed by atoms with Crippen LogP contribution in [0.1, 0.15) is 19.6 Å². The maximum absolute atomic E-state index is 11.9. The fraction of sp³-hybridized carbons (Fsp3) is 0.357. The molecule has 1 amide bonds. The van der Waals surface area contributed by atoms with E-state index in [0.29, 0.717) is 12.3 Å². The number of hydrogen-bond acceptors (Lipinski definition) is 4. The quantitative estimate of drug-likeness (QED) is 0.814. The summed E-state index contributed by atoms with van der Waals surface area (Å²) < 4.78 is 5.13. The van der Waals surface area contributed by atoms with Gasteiger partial charge < -0.3 is 9.73 Å². The number of carbonyl (C=O) groups excluding carboxylic acids is 1. The first-order chi connectivity index (χ1) is 9.65. The third-order valence-electron chi connectivity index (χ3n) is 2.90. The van der Waals surface area contributed by atoms with E-state index in [0.717, 1.165) is 0 Å². The van der Waals surface area contributed by atoms with Crippen LogP contribution in [0.3, 0.4) is 0 Å². The summed E-state index contributed by atoms with van der Waals surface area (Å²) in [6.07, 6.45) is 7.91. The van der Waals surface area contributed by atoms with Crippen molar-refractivity contribution in [3.8, 4) is 0 Å². The zero-order valence-electron chi connectivity index (χ0n) is 11.6. The van der Waals surface area contributed by atoms with Gasteiger partial charge in [0, 0.05) is 6.08 Å². The fourth-order valence-corrected chi connectivity index (χ4v) is 1.71. The van der Waals surface area contributed by atoms with E-state index in [4.69, 9.17) is 4.42 Å². The summed E-state index contributed by atoms with van der Waals surface area (Å²) >= 11 is 0. The molecular formula is C14H18N4O2. The number of amides is 1. The molecule has 0 unspecified atom stereocenters. The highest BCUT2D eigenvalue weighted by molar-refractivity contribution is 5.91. The van der Waals surface area contributed by atoms with Gasteiger partial charge in [0.2, 0.25) is 5.91 Å². The second kappa shape index (κ2) is 6.70. The molecule has 6 heteroatoms. The number of rotatable bonds is 6. The molecule has 6 nitrogen and oxygen atoms in total. The first kappa shape index (κ1) is 14.0. The van der Waals surface area contributed by atoms with Crippen molar-refractivity contribution in [2.24, 2.45) is 5.92 Å². The van der Waals surface area contributed by atoms with Gasteiger partial charge in [-0.1, -0.05) is 13.8 Å². The third kappa shape index (κ3) is 4.08. The predicted octanol–water partition coefficient (Wildman–Crippen LogP) is 1.73. The van der Waals surface area contributed by atoms with Gasteiger partial charge in [0.15, 0.2) is 0 Å². The van der Waals surface area contributed by atoms with Crippen LogP contribution in [-0.4, -0.2) is 26.9 Å². The normalized spacial score (nSPS) is 12.9. The highest BCUT2D eigenvalue weighted by Gasteiger charge is 2.16. The molecule has 0 aliphatic heterocycles. The van der Waals surface area contributed by atoms with Crippen molar-refractivity contribution in [1.29, 1.82) is 0 Å². The summed E-state index contributed by atoms with van der Waals surface area (Å²) in [6, 6.07) is 3.53. The van der Waals surface area contributed by atoms with Gasteiger partial charge in [-0.05, 0) is 24.1 Å². The van der Waals surface area contributed by atoms with E-state index < -0.39 is 0 Å². The number of nitrogens with one attached hydrogen (secondary N) is 1. The summed E-state index contributed by atoms with van der Waals surface area (Å²) in [7, 11) is 0. The average Bonchev–Trinajstić information content (AvgIpc) is 3.08. The van der Waals surface area contributed by atoms with Crippen LogP contribution >= 0.6 is 0 Å². The molecule has 0 aliphatic rings. The Morgan fingerprint density at radius 1 is 1.45 bits per heavy atom. The van der Waals surface area contributed by atoms with Crippen LogP contribution in [0, 0.1) is 5.92 Å². The smallest absolute Gasteiger partial charge is 0.244 e. The Labute approximate surface area is 117 Å². The first-order valence-electron chi connectivity index (χ1n) is 6.51. The van der Waals surface area contributed by atoms with Crippen molar-refractivity contribution < 1.29 is 9.21 Å². The second-order valence-electron chi connectivity index (χ2n) is 4.79. The van der Waals surface area contributed by atoms with E-state index >= 15 is 0 Å². The van der Waals surface area contributed by atoms with E-state index in [2.05, 4.69) is 15.5 Å². The molecule has 0 aliphatic carbocycles. The molecular weight excluding hydrogens is 256 g/mol. The van der Waals surface area contributed by atoms with E-state index in [1.807, 2.05) is 13.8 Å². The van der Waals surface area contributed by atoms with Gasteiger partial charge in [-0.15, -0.1) is 0 Å². The third-order valence-corrected chi connectivity index (χ3v) is 2.90. The number of aromatic nitrogens is 3. The lowest BCUT2D eigenvalue weighted by Crippen LogP contribution is -2.41. The van der Waals surface area contributed by atoms with Gasteiger partial charge in [-0.3, -0.25) is 4.79 Å². The molecule has 1 N–H and O–H groups in total. The molecule has 0 radical (unpaired) electrons. The minimum Gasteiger partial charge on any atom is -0.465 e. The van der Waals surface area contributed by atoms with E-state index in [9.17, 15) is 4.79 Å². The first-order valence-corrected chi connectivity index (χ1v) is 6.51. The number of furan rings is 1. The van der Waals surface area contributed by atoms with Gasteiger partial charge >= 0.3 is 0 Å². The lowest BCUT2D eigenvalue weighted by molar-refractivity contribution is -0.117. The zero-order chi connectivity index (χ0) is 14.4. The van der Waals surface area contributed by atoms with Gasteiger partial charge in [0.25, 0.3) is 0 Å². The molecule has 0 fully saturated rings. The Kier molecular flexibility index (Phi) is 4.70. The van der Waals surface area contributed by atoms with E-state index in [1.54, 1.807) is 41.7 Å². The predicted molar refractivity (Wildman–Crippen MR) is 74.5 cm³/mol. The Balaban J connectivity index is 1.92. The average molecular weight is 274 g/mol. The summed E-state index contributed by atoms with van der Waals surface area (Å²) in [5.41, 5.74) is 0. The van der Waals surface area contributed by atoms with Crippen LogP contribution in [0.25, 0.3) is 6.08 Å². The Bertz CT molecular complexity index is 544. The number of carbonyl (C=O) groups is 1. The molecule has 1 atom stereocenters. The molecule has 0 saturated heterocycles. The van der Waals surface area contributed by atoms with E-state index in [-0.39, 0.29) is 17.9 Å². The van der Waals surface area contributed by atoms with Crippen LogP contribution in [0.5, 0.6) is 0 Å². The van der Waals surface area contributed by atoms with E-state index in [1.165, 1.54) is 6.08 Å². The molecule has 0 spiro atoms. The van der Waals surface area contributed by atoms with Crippen LogP contribution in [0.4, 0.5) is 0 Å². The summed E-state index contributed by atoms with van der Waals surface area (Å²) in [6.45, 7) is 4.64. The van der Waals surface area contributed by atoms with Gasteiger partial charge in [0.1, 0.15) is 5.76 Å². The highest BCUT2D eigenvalue weighted by Crippen LogP contribution is 2.05. The number of hydrogen-bond donors (Lipinski definition) is 1. The van der Waals surface area contributed by atoms with Crippen molar-refractivity contribution in [3.63, 3.8) is 0 Å². The fourth-order valence-electron chi connectivity index (χ4n) is 1.71. The summed E-state index contributed by atoms with van der Waals surface area (Å²) in [4.78, 5) is 13.5. The van der Waals surface area contributed by atoms with Crippen molar-refractivity contribution in [2.45, 2.75) is 26.4 Å². The molecule has 2 rings (SSSR count). The maximum Gasteiger partial charge on any atom is 0.244 e. The summed E-state index contributed by atoms with van der Waals surface area (Å²) in [5, 5.41) is 11.1. The molecule has 0 saturated carbocycles. The molecule has 2 aromatic heterocycles. The summed E-state index contributed by atoms with van der Waals surface area (Å²) in [5.74, 6) is 0.768. The van der Waals surface area contributed by atoms with Gasteiger partial charge in [-0.2, -0.15) is 15.0 Å². The Morgan fingerprint density at radius 3 is 2.80 bits per heavy atom. The highest BCUT2D eigenvalue weighted by atomic mass is 16.3. The largest absolute Gasteiger partial charge is 0.465 e. The minimum absolute atomic E-state index is 0.0313. The minimum atomic E-state index is -0.160. The molecule has 106 valence electrons. The molecule has 2 aromatic rings. The van der Waals surface area contributed by atoms with Crippen molar-refractivity contribution >= 4 is 12.0 Å². The van der Waals surface area contributed by atoms with Crippen molar-refractivity contribution in [3.05, 3.63) is 42.6 Å². The van der Waals surface area contributed by atoms with Crippen LogP contribution in [0.15, 0.2) is 41.3 Å². The SMILES string of the molecule is CC(C)[C@@H](Cn1nccn1)NC(=O)/C=C/c1ccco1. The van der Waals surface area contributed by atoms with Gasteiger partial charge in [0.05, 0.1) is 31.2 Å². The molecule has 2 heterocycles. The van der Waals surface area contributed by atoms with Crippen LogP contribution < -0.4 is 5.32 Å².